The third kappa shape index (κ3) is 5.81. The van der Waals surface area contributed by atoms with Crippen LogP contribution in [0.25, 0.3) is 0 Å². The molecule has 1 saturated heterocycles. The van der Waals surface area contributed by atoms with E-state index in [0.29, 0.717) is 12.0 Å². The summed E-state index contributed by atoms with van der Waals surface area (Å²) in [5.41, 5.74) is -0.203. The van der Waals surface area contributed by atoms with Crippen molar-refractivity contribution in [2.75, 3.05) is 26.2 Å². The molecule has 138 valence electrons. The van der Waals surface area contributed by atoms with E-state index in [1.807, 2.05) is 0 Å². The van der Waals surface area contributed by atoms with Gasteiger partial charge in [-0.05, 0) is 24.5 Å². The van der Waals surface area contributed by atoms with Gasteiger partial charge in [-0.15, -0.1) is 31.4 Å². The van der Waals surface area contributed by atoms with E-state index in [2.05, 4.69) is 16.8 Å². The van der Waals surface area contributed by atoms with Crippen molar-refractivity contribution in [2.45, 2.75) is 25.1 Å². The SMILES string of the molecule is C=CCC[C@H](c1cccc(C(F)(F)F)c1Cl)N1CCNCC1.Cl.Cl. The highest BCUT2D eigenvalue weighted by Gasteiger charge is 2.35. The van der Waals surface area contributed by atoms with E-state index in [0.717, 1.165) is 38.7 Å². The van der Waals surface area contributed by atoms with Gasteiger partial charge in [-0.2, -0.15) is 13.2 Å². The molecule has 0 bridgehead atoms. The zero-order valence-electron chi connectivity index (χ0n) is 13.1. The first kappa shape index (κ1) is 23.5. The van der Waals surface area contributed by atoms with Crippen LogP contribution in [0.3, 0.4) is 0 Å². The van der Waals surface area contributed by atoms with Crippen molar-refractivity contribution in [3.63, 3.8) is 0 Å². The number of alkyl halides is 3. The molecule has 0 aromatic heterocycles. The Morgan fingerprint density at radius 1 is 1.25 bits per heavy atom. The van der Waals surface area contributed by atoms with Crippen LogP contribution in [0.1, 0.15) is 30.0 Å². The summed E-state index contributed by atoms with van der Waals surface area (Å²) < 4.78 is 39.2. The molecule has 2 rings (SSSR count). The Balaban J connectivity index is 0.00000264. The summed E-state index contributed by atoms with van der Waals surface area (Å²) in [7, 11) is 0. The van der Waals surface area contributed by atoms with Crippen molar-refractivity contribution in [2.24, 2.45) is 0 Å². The highest BCUT2D eigenvalue weighted by Crippen LogP contribution is 2.40. The Morgan fingerprint density at radius 3 is 2.42 bits per heavy atom. The zero-order valence-corrected chi connectivity index (χ0v) is 15.5. The summed E-state index contributed by atoms with van der Waals surface area (Å²) >= 11 is 6.10. The first-order valence-corrected chi connectivity index (χ1v) is 7.74. The molecule has 0 radical (unpaired) electrons. The molecule has 0 unspecified atom stereocenters. The topological polar surface area (TPSA) is 15.3 Å². The summed E-state index contributed by atoms with van der Waals surface area (Å²) in [6, 6.07) is 4.06. The van der Waals surface area contributed by atoms with Crippen molar-refractivity contribution < 1.29 is 13.2 Å². The van der Waals surface area contributed by atoms with E-state index in [1.54, 1.807) is 12.1 Å². The maximum absolute atomic E-state index is 13.1. The van der Waals surface area contributed by atoms with E-state index in [4.69, 9.17) is 11.6 Å². The minimum absolute atomic E-state index is 0. The number of rotatable bonds is 5. The van der Waals surface area contributed by atoms with Gasteiger partial charge in [0.1, 0.15) is 0 Å². The molecule has 1 N–H and O–H groups in total. The highest BCUT2D eigenvalue weighted by molar-refractivity contribution is 6.32. The largest absolute Gasteiger partial charge is 0.417 e. The molecule has 1 fully saturated rings. The van der Waals surface area contributed by atoms with Crippen LogP contribution in [-0.2, 0) is 6.18 Å². The molecule has 1 aromatic rings. The van der Waals surface area contributed by atoms with Crippen LogP contribution >= 0.6 is 36.4 Å². The lowest BCUT2D eigenvalue weighted by Gasteiger charge is -2.36. The fourth-order valence-electron chi connectivity index (χ4n) is 2.83. The molecule has 0 spiro atoms. The van der Waals surface area contributed by atoms with Crippen molar-refractivity contribution >= 4 is 36.4 Å². The number of benzene rings is 1. The molecular formula is C16H22Cl3F3N2. The summed E-state index contributed by atoms with van der Waals surface area (Å²) in [6.07, 6.45) is -1.19. The van der Waals surface area contributed by atoms with Gasteiger partial charge in [0, 0.05) is 32.2 Å². The van der Waals surface area contributed by atoms with Crippen LogP contribution in [0, 0.1) is 0 Å². The van der Waals surface area contributed by atoms with E-state index in [-0.39, 0.29) is 35.9 Å². The van der Waals surface area contributed by atoms with Gasteiger partial charge >= 0.3 is 6.18 Å². The van der Waals surface area contributed by atoms with Gasteiger partial charge in [0.2, 0.25) is 0 Å². The van der Waals surface area contributed by atoms with Crippen LogP contribution in [0.2, 0.25) is 5.02 Å². The molecule has 0 saturated carbocycles. The predicted molar refractivity (Wildman–Crippen MR) is 97.6 cm³/mol. The summed E-state index contributed by atoms with van der Waals surface area (Å²) in [5, 5.41) is 3.07. The molecule has 1 aromatic carbocycles. The number of piperazine rings is 1. The summed E-state index contributed by atoms with van der Waals surface area (Å²) in [4.78, 5) is 2.20. The molecule has 1 aliphatic rings. The second-order valence-corrected chi connectivity index (χ2v) is 5.75. The van der Waals surface area contributed by atoms with Crippen LogP contribution in [0.5, 0.6) is 0 Å². The lowest BCUT2D eigenvalue weighted by atomic mass is 9.97. The first-order valence-electron chi connectivity index (χ1n) is 7.36. The Morgan fingerprint density at radius 2 is 1.88 bits per heavy atom. The third-order valence-electron chi connectivity index (χ3n) is 3.93. The average Bonchev–Trinajstić information content (AvgIpc) is 2.49. The number of nitrogens with one attached hydrogen (secondary N) is 1. The Hall–Kier alpha value is -0.460. The lowest BCUT2D eigenvalue weighted by molar-refractivity contribution is -0.137. The summed E-state index contributed by atoms with van der Waals surface area (Å²) in [5.74, 6) is 0. The number of hydrogen-bond acceptors (Lipinski definition) is 2. The number of hydrogen-bond donors (Lipinski definition) is 1. The van der Waals surface area contributed by atoms with Gasteiger partial charge in [-0.25, -0.2) is 0 Å². The second-order valence-electron chi connectivity index (χ2n) is 5.37. The van der Waals surface area contributed by atoms with Crippen LogP contribution in [0.15, 0.2) is 30.9 Å². The molecule has 8 heteroatoms. The van der Waals surface area contributed by atoms with Gasteiger partial charge < -0.3 is 5.32 Å². The van der Waals surface area contributed by atoms with E-state index in [1.165, 1.54) is 6.07 Å². The van der Waals surface area contributed by atoms with Crippen molar-refractivity contribution in [1.29, 1.82) is 0 Å². The number of halogens is 6. The highest BCUT2D eigenvalue weighted by atomic mass is 35.5. The second kappa shape index (κ2) is 10.5. The van der Waals surface area contributed by atoms with Crippen LogP contribution in [0.4, 0.5) is 13.2 Å². The fraction of sp³-hybridized carbons (Fsp3) is 0.500. The molecule has 0 aliphatic carbocycles. The van der Waals surface area contributed by atoms with Crippen LogP contribution < -0.4 is 5.32 Å². The van der Waals surface area contributed by atoms with Crippen LogP contribution in [-0.4, -0.2) is 31.1 Å². The van der Waals surface area contributed by atoms with Gasteiger partial charge in [0.15, 0.2) is 0 Å². The van der Waals surface area contributed by atoms with Gasteiger partial charge in [-0.3, -0.25) is 4.90 Å². The van der Waals surface area contributed by atoms with Gasteiger partial charge in [0.05, 0.1) is 10.6 Å². The minimum atomic E-state index is -4.43. The monoisotopic (exact) mass is 404 g/mol. The maximum atomic E-state index is 13.1. The average molecular weight is 406 g/mol. The van der Waals surface area contributed by atoms with Gasteiger partial charge in [-0.1, -0.05) is 29.8 Å². The van der Waals surface area contributed by atoms with E-state index < -0.39 is 11.7 Å². The van der Waals surface area contributed by atoms with E-state index in [9.17, 15) is 13.2 Å². The third-order valence-corrected chi connectivity index (χ3v) is 4.35. The predicted octanol–water partition coefficient (Wildman–Crippen LogP) is 5.11. The number of allylic oxidation sites excluding steroid dienone is 1. The lowest BCUT2D eigenvalue weighted by Crippen LogP contribution is -2.45. The molecule has 1 atom stereocenters. The normalized spacial score (nSPS) is 16.7. The maximum Gasteiger partial charge on any atom is 0.417 e. The van der Waals surface area contributed by atoms with Gasteiger partial charge in [0.25, 0.3) is 0 Å². The van der Waals surface area contributed by atoms with Crippen molar-refractivity contribution in [1.82, 2.24) is 10.2 Å². The molecular weight excluding hydrogens is 384 g/mol. The smallest absolute Gasteiger partial charge is 0.314 e. The molecule has 1 heterocycles. The molecule has 2 nitrogen and oxygen atoms in total. The summed E-state index contributed by atoms with van der Waals surface area (Å²) in [6.45, 7) is 6.98. The van der Waals surface area contributed by atoms with E-state index >= 15 is 0 Å². The minimum Gasteiger partial charge on any atom is -0.314 e. The Kier molecular flexibility index (Phi) is 10.3. The standard InChI is InChI=1S/C16H20ClF3N2.2ClH/c1-2-3-7-14(22-10-8-21-9-11-22)12-5-4-6-13(15(12)17)16(18,19)20;;/h2,4-6,14,21H,1,3,7-11H2;2*1H/t14-;;/m1../s1. The molecule has 0 amide bonds. The Labute approximate surface area is 158 Å². The number of nitrogens with zero attached hydrogens (tertiary/aromatic N) is 1. The van der Waals surface area contributed by atoms with Crippen molar-refractivity contribution in [3.05, 3.63) is 47.0 Å². The molecule has 1 aliphatic heterocycles. The fourth-order valence-corrected chi connectivity index (χ4v) is 3.19. The first-order chi connectivity index (χ1) is 10.4. The van der Waals surface area contributed by atoms with Crippen molar-refractivity contribution in [3.8, 4) is 0 Å². The Bertz CT molecular complexity index is 518. The zero-order chi connectivity index (χ0) is 16.2. The molecule has 24 heavy (non-hydrogen) atoms. The quantitative estimate of drug-likeness (QED) is 0.684.